The van der Waals surface area contributed by atoms with Crippen LogP contribution in [-0.2, 0) is 15.9 Å². The summed E-state index contributed by atoms with van der Waals surface area (Å²) in [5.41, 5.74) is 8.62. The molecule has 1 aromatic rings. The Morgan fingerprint density at radius 2 is 2.10 bits per heavy atom. The molecule has 3 rings (SSSR count). The predicted octanol–water partition coefficient (Wildman–Crippen LogP) is 2.21. The molecule has 1 saturated heterocycles. The highest BCUT2D eigenvalue weighted by atomic mass is 16.5. The van der Waals surface area contributed by atoms with Crippen molar-refractivity contribution in [3.8, 4) is 5.75 Å². The van der Waals surface area contributed by atoms with Crippen molar-refractivity contribution in [2.75, 3.05) is 26.4 Å². The van der Waals surface area contributed by atoms with Crippen molar-refractivity contribution in [1.82, 2.24) is 0 Å². The largest absolute Gasteiger partial charge is 0.493 e. The summed E-state index contributed by atoms with van der Waals surface area (Å²) in [5.74, 6) is 0.977. The van der Waals surface area contributed by atoms with Gasteiger partial charge in [-0.2, -0.15) is 0 Å². The standard InChI is InChI=1S/C16H23NO3/c1-2-20-16(7-10-18-11-8-16)15(17)13-5-3-4-12-6-9-19-14(12)13/h3-5,15H,2,6-11,17H2,1H3. The molecule has 2 aliphatic rings. The van der Waals surface area contributed by atoms with Gasteiger partial charge in [-0.1, -0.05) is 18.2 Å². The van der Waals surface area contributed by atoms with E-state index >= 15 is 0 Å². The van der Waals surface area contributed by atoms with Gasteiger partial charge >= 0.3 is 0 Å². The Morgan fingerprint density at radius 3 is 2.85 bits per heavy atom. The summed E-state index contributed by atoms with van der Waals surface area (Å²) < 4.78 is 17.4. The van der Waals surface area contributed by atoms with Crippen LogP contribution in [-0.4, -0.2) is 32.0 Å². The van der Waals surface area contributed by atoms with Crippen molar-refractivity contribution in [2.24, 2.45) is 5.73 Å². The number of nitrogens with two attached hydrogens (primary N) is 1. The molecule has 0 spiro atoms. The van der Waals surface area contributed by atoms with Gasteiger partial charge in [0, 0.05) is 44.6 Å². The van der Waals surface area contributed by atoms with Crippen molar-refractivity contribution < 1.29 is 14.2 Å². The van der Waals surface area contributed by atoms with Crippen LogP contribution in [0.3, 0.4) is 0 Å². The Balaban J connectivity index is 1.93. The highest BCUT2D eigenvalue weighted by Crippen LogP contribution is 2.41. The van der Waals surface area contributed by atoms with Gasteiger partial charge in [0.2, 0.25) is 0 Å². The number of hydrogen-bond donors (Lipinski definition) is 1. The van der Waals surface area contributed by atoms with Crippen molar-refractivity contribution in [3.63, 3.8) is 0 Å². The van der Waals surface area contributed by atoms with E-state index in [1.54, 1.807) is 0 Å². The third-order valence-corrected chi connectivity index (χ3v) is 4.42. The zero-order valence-corrected chi connectivity index (χ0v) is 12.1. The van der Waals surface area contributed by atoms with Crippen LogP contribution in [0.1, 0.15) is 36.9 Å². The minimum absolute atomic E-state index is 0.167. The van der Waals surface area contributed by atoms with Crippen LogP contribution in [0.15, 0.2) is 18.2 Å². The fraction of sp³-hybridized carbons (Fsp3) is 0.625. The molecule has 1 atom stereocenters. The van der Waals surface area contributed by atoms with Gasteiger partial charge in [-0.05, 0) is 12.5 Å². The Labute approximate surface area is 120 Å². The zero-order chi connectivity index (χ0) is 14.0. The van der Waals surface area contributed by atoms with Crippen LogP contribution < -0.4 is 10.5 Å². The van der Waals surface area contributed by atoms with E-state index in [9.17, 15) is 0 Å². The summed E-state index contributed by atoms with van der Waals surface area (Å²) in [6.45, 7) is 4.87. The lowest BCUT2D eigenvalue weighted by molar-refractivity contribution is -0.121. The van der Waals surface area contributed by atoms with Crippen LogP contribution >= 0.6 is 0 Å². The maximum absolute atomic E-state index is 6.60. The Kier molecular flexibility index (Phi) is 3.96. The highest BCUT2D eigenvalue weighted by Gasteiger charge is 2.41. The molecule has 0 bridgehead atoms. The van der Waals surface area contributed by atoms with E-state index in [0.29, 0.717) is 19.8 Å². The third kappa shape index (κ3) is 2.32. The molecule has 2 aliphatic heterocycles. The summed E-state index contributed by atoms with van der Waals surface area (Å²) in [6.07, 6.45) is 2.65. The minimum atomic E-state index is -0.325. The summed E-state index contributed by atoms with van der Waals surface area (Å²) in [6, 6.07) is 6.10. The summed E-state index contributed by atoms with van der Waals surface area (Å²) in [7, 11) is 0. The molecule has 0 saturated carbocycles. The van der Waals surface area contributed by atoms with Gasteiger partial charge < -0.3 is 19.9 Å². The summed E-state index contributed by atoms with van der Waals surface area (Å²) in [5, 5.41) is 0. The van der Waals surface area contributed by atoms with E-state index in [-0.39, 0.29) is 11.6 Å². The van der Waals surface area contributed by atoms with Gasteiger partial charge in [0.25, 0.3) is 0 Å². The lowest BCUT2D eigenvalue weighted by atomic mass is 9.82. The van der Waals surface area contributed by atoms with Gasteiger partial charge in [0.1, 0.15) is 5.75 Å². The second-order valence-electron chi connectivity index (χ2n) is 5.52. The molecule has 0 radical (unpaired) electrons. The molecular formula is C16H23NO3. The summed E-state index contributed by atoms with van der Waals surface area (Å²) >= 11 is 0. The molecule has 0 amide bonds. The molecule has 20 heavy (non-hydrogen) atoms. The van der Waals surface area contributed by atoms with Gasteiger partial charge in [-0.25, -0.2) is 0 Å². The lowest BCUT2D eigenvalue weighted by Crippen LogP contribution is -2.48. The number of fused-ring (bicyclic) bond motifs is 1. The van der Waals surface area contributed by atoms with Crippen LogP contribution in [0, 0.1) is 0 Å². The van der Waals surface area contributed by atoms with E-state index in [1.165, 1.54) is 5.56 Å². The van der Waals surface area contributed by atoms with E-state index in [2.05, 4.69) is 18.2 Å². The Hall–Kier alpha value is -1.10. The van der Waals surface area contributed by atoms with Crippen molar-refractivity contribution in [1.29, 1.82) is 0 Å². The average Bonchev–Trinajstić information content (AvgIpc) is 2.96. The number of ether oxygens (including phenoxy) is 3. The van der Waals surface area contributed by atoms with Gasteiger partial charge in [0.15, 0.2) is 0 Å². The van der Waals surface area contributed by atoms with Crippen LogP contribution in [0.25, 0.3) is 0 Å². The molecule has 1 fully saturated rings. The van der Waals surface area contributed by atoms with Gasteiger partial charge in [-0.15, -0.1) is 0 Å². The van der Waals surface area contributed by atoms with E-state index < -0.39 is 0 Å². The first-order valence-electron chi connectivity index (χ1n) is 7.49. The molecule has 110 valence electrons. The first-order chi connectivity index (χ1) is 9.77. The number of benzene rings is 1. The molecular weight excluding hydrogens is 254 g/mol. The number of hydrogen-bond acceptors (Lipinski definition) is 4. The smallest absolute Gasteiger partial charge is 0.127 e. The molecule has 2 N–H and O–H groups in total. The maximum Gasteiger partial charge on any atom is 0.127 e. The SMILES string of the molecule is CCOC1(C(N)c2cccc3c2OCC3)CCOCC1. The van der Waals surface area contributed by atoms with Crippen LogP contribution in [0.5, 0.6) is 5.75 Å². The highest BCUT2D eigenvalue weighted by molar-refractivity contribution is 5.46. The zero-order valence-electron chi connectivity index (χ0n) is 12.1. The van der Waals surface area contributed by atoms with E-state index in [1.807, 2.05) is 6.92 Å². The molecule has 0 aliphatic carbocycles. The number of para-hydroxylation sites is 1. The molecule has 2 heterocycles. The monoisotopic (exact) mass is 277 g/mol. The molecule has 0 aromatic heterocycles. The topological polar surface area (TPSA) is 53.7 Å². The van der Waals surface area contributed by atoms with Crippen LogP contribution in [0.2, 0.25) is 0 Å². The predicted molar refractivity (Wildman–Crippen MR) is 77.0 cm³/mol. The fourth-order valence-electron chi connectivity index (χ4n) is 3.32. The third-order valence-electron chi connectivity index (χ3n) is 4.42. The molecule has 4 heteroatoms. The second-order valence-corrected chi connectivity index (χ2v) is 5.52. The van der Waals surface area contributed by atoms with Crippen molar-refractivity contribution in [3.05, 3.63) is 29.3 Å². The van der Waals surface area contributed by atoms with Crippen molar-refractivity contribution in [2.45, 2.75) is 37.8 Å². The molecule has 1 unspecified atom stereocenters. The average molecular weight is 277 g/mol. The lowest BCUT2D eigenvalue weighted by Gasteiger charge is -2.41. The Bertz CT molecular complexity index is 463. The van der Waals surface area contributed by atoms with E-state index in [0.717, 1.165) is 37.2 Å². The quantitative estimate of drug-likeness (QED) is 0.916. The first-order valence-corrected chi connectivity index (χ1v) is 7.49. The summed E-state index contributed by atoms with van der Waals surface area (Å²) in [4.78, 5) is 0. The second kappa shape index (κ2) is 5.72. The fourth-order valence-corrected chi connectivity index (χ4v) is 3.32. The first kappa shape index (κ1) is 13.9. The van der Waals surface area contributed by atoms with Crippen LogP contribution in [0.4, 0.5) is 0 Å². The van der Waals surface area contributed by atoms with Crippen molar-refractivity contribution >= 4 is 0 Å². The van der Waals surface area contributed by atoms with E-state index in [4.69, 9.17) is 19.9 Å². The van der Waals surface area contributed by atoms with Gasteiger partial charge in [0.05, 0.1) is 18.2 Å². The maximum atomic E-state index is 6.60. The minimum Gasteiger partial charge on any atom is -0.493 e. The molecule has 4 nitrogen and oxygen atoms in total. The Morgan fingerprint density at radius 1 is 1.30 bits per heavy atom. The normalized spacial score (nSPS) is 22.1. The molecule has 1 aromatic carbocycles. The van der Waals surface area contributed by atoms with Gasteiger partial charge in [-0.3, -0.25) is 0 Å². The number of rotatable bonds is 4.